The summed E-state index contributed by atoms with van der Waals surface area (Å²) < 4.78 is 0. The van der Waals surface area contributed by atoms with Crippen LogP contribution in [-0.4, -0.2) is 37.6 Å². The Hall–Kier alpha value is -0.820. The molecule has 0 aromatic heterocycles. The van der Waals surface area contributed by atoms with Gasteiger partial charge < -0.3 is 10.6 Å². The summed E-state index contributed by atoms with van der Waals surface area (Å²) >= 11 is 2.05. The quantitative estimate of drug-likeness (QED) is 0.426. The lowest BCUT2D eigenvalue weighted by atomic mass is 10.0. The highest BCUT2D eigenvalue weighted by atomic mass is 32.2. The molecule has 0 aromatic carbocycles. The van der Waals surface area contributed by atoms with Crippen LogP contribution in [0.2, 0.25) is 0 Å². The van der Waals surface area contributed by atoms with E-state index < -0.39 is 0 Å². The van der Waals surface area contributed by atoms with Gasteiger partial charge in [-0.3, -0.25) is 4.99 Å². The lowest BCUT2D eigenvalue weighted by molar-refractivity contribution is 0.479. The summed E-state index contributed by atoms with van der Waals surface area (Å²) in [6, 6.07) is 0. The maximum Gasteiger partial charge on any atom is 0.191 e. The molecule has 0 atom stereocenters. The zero-order valence-electron chi connectivity index (χ0n) is 9.25. The van der Waals surface area contributed by atoms with Gasteiger partial charge >= 0.3 is 0 Å². The topological polar surface area (TPSA) is 36.4 Å². The van der Waals surface area contributed by atoms with Gasteiger partial charge in [-0.1, -0.05) is 5.92 Å². The molecule has 0 aliphatic carbocycles. The minimum Gasteiger partial charge on any atom is -0.356 e. The highest BCUT2D eigenvalue weighted by Crippen LogP contribution is 2.21. The van der Waals surface area contributed by atoms with Crippen LogP contribution < -0.4 is 10.6 Å². The summed E-state index contributed by atoms with van der Waals surface area (Å²) in [6.07, 6.45) is 7.79. The lowest BCUT2D eigenvalue weighted by Gasteiger charge is -2.22. The number of rotatable bonds is 3. The van der Waals surface area contributed by atoms with E-state index in [1.807, 2.05) is 0 Å². The Morgan fingerprint density at radius 3 is 2.80 bits per heavy atom. The van der Waals surface area contributed by atoms with Crippen LogP contribution in [0.5, 0.6) is 0 Å². The Labute approximate surface area is 96.5 Å². The zero-order valence-corrected chi connectivity index (χ0v) is 10.1. The van der Waals surface area contributed by atoms with Gasteiger partial charge in [-0.15, -0.1) is 6.42 Å². The molecular formula is C11H19N3S. The van der Waals surface area contributed by atoms with Gasteiger partial charge in [0.2, 0.25) is 0 Å². The molecule has 1 fully saturated rings. The van der Waals surface area contributed by atoms with Crippen LogP contribution in [0, 0.1) is 18.3 Å². The van der Waals surface area contributed by atoms with E-state index in [0.717, 1.165) is 18.4 Å². The molecule has 0 unspecified atom stereocenters. The number of nitrogens with one attached hydrogen (secondary N) is 2. The average Bonchev–Trinajstić information content (AvgIpc) is 2.31. The van der Waals surface area contributed by atoms with Crippen LogP contribution in [0.1, 0.15) is 12.8 Å². The second-order valence-corrected chi connectivity index (χ2v) is 4.79. The van der Waals surface area contributed by atoms with Gasteiger partial charge in [0.1, 0.15) is 0 Å². The summed E-state index contributed by atoms with van der Waals surface area (Å²) in [5.74, 6) is 6.72. The molecule has 1 heterocycles. The Bertz CT molecular complexity index is 239. The third-order valence-electron chi connectivity index (χ3n) is 2.48. The van der Waals surface area contributed by atoms with E-state index in [4.69, 9.17) is 6.42 Å². The fourth-order valence-electron chi connectivity index (χ4n) is 1.55. The normalized spacial score (nSPS) is 18.3. The molecule has 0 amide bonds. The Morgan fingerprint density at radius 1 is 1.47 bits per heavy atom. The summed E-state index contributed by atoms with van der Waals surface area (Å²) in [4.78, 5) is 4.10. The van der Waals surface area contributed by atoms with Crippen molar-refractivity contribution >= 4 is 17.7 Å². The fraction of sp³-hybridized carbons (Fsp3) is 0.727. The smallest absolute Gasteiger partial charge is 0.191 e. The summed E-state index contributed by atoms with van der Waals surface area (Å²) in [5.41, 5.74) is 0. The molecule has 1 rings (SSSR count). The van der Waals surface area contributed by atoms with Crippen LogP contribution in [0.15, 0.2) is 4.99 Å². The van der Waals surface area contributed by atoms with Crippen LogP contribution in [0.4, 0.5) is 0 Å². The number of nitrogens with zero attached hydrogens (tertiary/aromatic N) is 1. The predicted octanol–water partition coefficient (Wildman–Crippen LogP) is 0.928. The summed E-state index contributed by atoms with van der Waals surface area (Å²) in [5, 5.41) is 6.36. The van der Waals surface area contributed by atoms with Crippen molar-refractivity contribution in [2.75, 3.05) is 31.6 Å². The molecule has 84 valence electrons. The largest absolute Gasteiger partial charge is 0.356 e. The van der Waals surface area contributed by atoms with Crippen molar-refractivity contribution in [3.05, 3.63) is 0 Å². The van der Waals surface area contributed by atoms with Crippen LogP contribution in [0.25, 0.3) is 0 Å². The number of hydrogen-bond donors (Lipinski definition) is 2. The van der Waals surface area contributed by atoms with Crippen LogP contribution in [0.3, 0.4) is 0 Å². The highest BCUT2D eigenvalue weighted by molar-refractivity contribution is 7.99. The predicted molar refractivity (Wildman–Crippen MR) is 68.2 cm³/mol. The Balaban J connectivity index is 2.18. The van der Waals surface area contributed by atoms with E-state index >= 15 is 0 Å². The third-order valence-corrected chi connectivity index (χ3v) is 3.53. The fourth-order valence-corrected chi connectivity index (χ4v) is 2.75. The van der Waals surface area contributed by atoms with Gasteiger partial charge in [-0.05, 0) is 30.3 Å². The first-order chi connectivity index (χ1) is 7.36. The van der Waals surface area contributed by atoms with Crippen molar-refractivity contribution in [3.8, 4) is 12.3 Å². The molecule has 1 aliphatic heterocycles. The van der Waals surface area contributed by atoms with E-state index in [2.05, 4.69) is 33.3 Å². The molecule has 3 nitrogen and oxygen atoms in total. The molecule has 2 N–H and O–H groups in total. The van der Waals surface area contributed by atoms with Gasteiger partial charge in [0.15, 0.2) is 5.96 Å². The molecule has 15 heavy (non-hydrogen) atoms. The first-order valence-corrected chi connectivity index (χ1v) is 6.48. The van der Waals surface area contributed by atoms with Gasteiger partial charge in [0, 0.05) is 13.6 Å². The van der Waals surface area contributed by atoms with Crippen molar-refractivity contribution in [2.24, 2.45) is 10.9 Å². The molecule has 0 spiro atoms. The van der Waals surface area contributed by atoms with Gasteiger partial charge in [0.25, 0.3) is 0 Å². The zero-order chi connectivity index (χ0) is 10.9. The molecule has 1 saturated heterocycles. The van der Waals surface area contributed by atoms with Crippen molar-refractivity contribution in [2.45, 2.75) is 12.8 Å². The molecule has 0 radical (unpaired) electrons. The van der Waals surface area contributed by atoms with Crippen molar-refractivity contribution in [1.82, 2.24) is 10.6 Å². The summed E-state index contributed by atoms with van der Waals surface area (Å²) in [7, 11) is 1.77. The van der Waals surface area contributed by atoms with Gasteiger partial charge in [-0.25, -0.2) is 0 Å². The SMILES string of the molecule is C#CCNC(=NC)NCC1CCSCC1. The molecule has 0 bridgehead atoms. The van der Waals surface area contributed by atoms with E-state index in [1.54, 1.807) is 7.05 Å². The minimum absolute atomic E-state index is 0.528. The number of guanidine groups is 1. The van der Waals surface area contributed by atoms with Crippen LogP contribution in [-0.2, 0) is 0 Å². The number of thioether (sulfide) groups is 1. The second-order valence-electron chi connectivity index (χ2n) is 3.57. The third kappa shape index (κ3) is 4.98. The van der Waals surface area contributed by atoms with E-state index in [-0.39, 0.29) is 0 Å². The molecular weight excluding hydrogens is 206 g/mol. The van der Waals surface area contributed by atoms with Crippen molar-refractivity contribution in [3.63, 3.8) is 0 Å². The van der Waals surface area contributed by atoms with Gasteiger partial charge in [-0.2, -0.15) is 11.8 Å². The van der Waals surface area contributed by atoms with Crippen molar-refractivity contribution in [1.29, 1.82) is 0 Å². The first-order valence-electron chi connectivity index (χ1n) is 5.32. The Morgan fingerprint density at radius 2 is 2.20 bits per heavy atom. The van der Waals surface area contributed by atoms with Crippen LogP contribution >= 0.6 is 11.8 Å². The number of terminal acetylenes is 1. The monoisotopic (exact) mass is 225 g/mol. The first kappa shape index (κ1) is 12.3. The minimum atomic E-state index is 0.528. The molecule has 0 aromatic rings. The average molecular weight is 225 g/mol. The summed E-state index contributed by atoms with van der Waals surface area (Å²) in [6.45, 7) is 1.53. The number of hydrogen-bond acceptors (Lipinski definition) is 2. The van der Waals surface area contributed by atoms with E-state index in [0.29, 0.717) is 6.54 Å². The number of aliphatic imine (C=N–C) groups is 1. The molecule has 0 saturated carbocycles. The molecule has 4 heteroatoms. The van der Waals surface area contributed by atoms with E-state index in [1.165, 1.54) is 24.3 Å². The van der Waals surface area contributed by atoms with E-state index in [9.17, 15) is 0 Å². The van der Waals surface area contributed by atoms with Gasteiger partial charge in [0.05, 0.1) is 6.54 Å². The second kappa shape index (κ2) is 7.47. The Kier molecular flexibility index (Phi) is 6.10. The maximum atomic E-state index is 5.17. The van der Waals surface area contributed by atoms with Crippen molar-refractivity contribution < 1.29 is 0 Å². The maximum absolute atomic E-state index is 5.17. The standard InChI is InChI=1S/C11H19N3S/c1-3-6-13-11(12-2)14-9-10-4-7-15-8-5-10/h1,10H,4-9H2,2H3,(H2,12,13,14). The lowest BCUT2D eigenvalue weighted by Crippen LogP contribution is -2.40. The highest BCUT2D eigenvalue weighted by Gasteiger charge is 2.13. The molecule has 1 aliphatic rings.